The molecular formula is C12H21N. The van der Waals surface area contributed by atoms with Crippen molar-refractivity contribution in [3.8, 4) is 0 Å². The van der Waals surface area contributed by atoms with Crippen molar-refractivity contribution in [2.24, 2.45) is 11.3 Å². The molecule has 0 amide bonds. The number of nitrogens with one attached hydrogen (secondary N) is 1. The third kappa shape index (κ3) is 2.98. The summed E-state index contributed by atoms with van der Waals surface area (Å²) in [4.78, 5) is 0. The number of allylic oxidation sites excluding steroid dienone is 2. The van der Waals surface area contributed by atoms with Gasteiger partial charge in [-0.25, -0.2) is 0 Å². The summed E-state index contributed by atoms with van der Waals surface area (Å²) in [6.07, 6.45) is 12.4. The number of hydrogen-bond acceptors (Lipinski definition) is 1. The Morgan fingerprint density at radius 3 is 2.31 bits per heavy atom. The normalized spacial score (nSPS) is 20.8. The molecule has 1 N–H and O–H groups in total. The van der Waals surface area contributed by atoms with Crippen LogP contribution in [0.25, 0.3) is 0 Å². The van der Waals surface area contributed by atoms with Crippen LogP contribution < -0.4 is 0 Å². The Hall–Kier alpha value is -0.590. The van der Waals surface area contributed by atoms with Crippen molar-refractivity contribution in [3.05, 3.63) is 12.2 Å². The molecule has 1 saturated carbocycles. The fourth-order valence-corrected chi connectivity index (χ4v) is 2.28. The highest BCUT2D eigenvalue weighted by atomic mass is 14.3. The van der Waals surface area contributed by atoms with Crippen molar-refractivity contribution in [1.82, 2.24) is 0 Å². The molecular weight excluding hydrogens is 158 g/mol. The van der Waals surface area contributed by atoms with Gasteiger partial charge >= 0.3 is 0 Å². The molecule has 74 valence electrons. The van der Waals surface area contributed by atoms with Gasteiger partial charge in [0, 0.05) is 6.21 Å². The highest BCUT2D eigenvalue weighted by Gasteiger charge is 2.27. The van der Waals surface area contributed by atoms with Gasteiger partial charge in [-0.15, -0.1) is 0 Å². The zero-order valence-electron chi connectivity index (χ0n) is 8.84. The fourth-order valence-electron chi connectivity index (χ4n) is 2.28. The van der Waals surface area contributed by atoms with Gasteiger partial charge < -0.3 is 5.41 Å². The summed E-state index contributed by atoms with van der Waals surface area (Å²) in [5, 5.41) is 6.98. The van der Waals surface area contributed by atoms with E-state index >= 15 is 0 Å². The maximum atomic E-state index is 6.98. The quantitative estimate of drug-likeness (QED) is 0.637. The van der Waals surface area contributed by atoms with Crippen LogP contribution in [0.3, 0.4) is 0 Å². The first kappa shape index (κ1) is 10.5. The van der Waals surface area contributed by atoms with Crippen LogP contribution in [0, 0.1) is 16.7 Å². The SMILES string of the molecule is CC(C)(/C=C\C=N)C1CCCCC1. The second-order valence-electron chi connectivity index (χ2n) is 4.68. The predicted molar refractivity (Wildman–Crippen MR) is 58.3 cm³/mol. The molecule has 0 bridgehead atoms. The van der Waals surface area contributed by atoms with E-state index in [-0.39, 0.29) is 5.41 Å². The molecule has 0 atom stereocenters. The maximum absolute atomic E-state index is 6.98. The highest BCUT2D eigenvalue weighted by molar-refractivity contribution is 5.67. The lowest BCUT2D eigenvalue weighted by Gasteiger charge is -2.34. The van der Waals surface area contributed by atoms with Crippen LogP contribution >= 0.6 is 0 Å². The van der Waals surface area contributed by atoms with E-state index in [1.54, 1.807) is 0 Å². The average molecular weight is 179 g/mol. The molecule has 0 radical (unpaired) electrons. The van der Waals surface area contributed by atoms with Crippen LogP contribution in [0.4, 0.5) is 0 Å². The van der Waals surface area contributed by atoms with Crippen LogP contribution in [-0.2, 0) is 0 Å². The molecule has 0 aromatic rings. The van der Waals surface area contributed by atoms with Gasteiger partial charge in [0.05, 0.1) is 0 Å². The molecule has 0 heterocycles. The van der Waals surface area contributed by atoms with Crippen molar-refractivity contribution < 1.29 is 0 Å². The van der Waals surface area contributed by atoms with Gasteiger partial charge in [-0.2, -0.15) is 0 Å². The second-order valence-corrected chi connectivity index (χ2v) is 4.68. The van der Waals surface area contributed by atoms with Crippen LogP contribution in [0.2, 0.25) is 0 Å². The maximum Gasteiger partial charge on any atom is 0.0174 e. The molecule has 1 heteroatoms. The summed E-state index contributed by atoms with van der Waals surface area (Å²) in [6.45, 7) is 4.59. The van der Waals surface area contributed by atoms with Gasteiger partial charge in [-0.1, -0.05) is 39.2 Å². The monoisotopic (exact) mass is 179 g/mol. The second kappa shape index (κ2) is 4.59. The summed E-state index contributed by atoms with van der Waals surface area (Å²) >= 11 is 0. The Morgan fingerprint density at radius 1 is 1.15 bits per heavy atom. The van der Waals surface area contributed by atoms with Crippen LogP contribution in [0.5, 0.6) is 0 Å². The molecule has 1 aliphatic carbocycles. The van der Waals surface area contributed by atoms with Gasteiger partial charge in [0.25, 0.3) is 0 Å². The van der Waals surface area contributed by atoms with E-state index < -0.39 is 0 Å². The minimum atomic E-state index is 0.290. The molecule has 1 rings (SSSR count). The fraction of sp³-hybridized carbons (Fsp3) is 0.750. The third-order valence-corrected chi connectivity index (χ3v) is 3.28. The van der Waals surface area contributed by atoms with Gasteiger partial charge in [0.15, 0.2) is 0 Å². The van der Waals surface area contributed by atoms with E-state index in [9.17, 15) is 0 Å². The molecule has 0 unspecified atom stereocenters. The number of rotatable bonds is 3. The Kier molecular flexibility index (Phi) is 3.71. The summed E-state index contributed by atoms with van der Waals surface area (Å²) in [6, 6.07) is 0. The van der Waals surface area contributed by atoms with Gasteiger partial charge in [0.1, 0.15) is 0 Å². The molecule has 0 saturated heterocycles. The molecule has 0 aliphatic heterocycles. The smallest absolute Gasteiger partial charge is 0.0174 e. The highest BCUT2D eigenvalue weighted by Crippen LogP contribution is 2.38. The van der Waals surface area contributed by atoms with Crippen molar-refractivity contribution >= 4 is 6.21 Å². The van der Waals surface area contributed by atoms with Crippen LogP contribution in [0.1, 0.15) is 46.0 Å². The Bertz CT molecular complexity index is 185. The van der Waals surface area contributed by atoms with Crippen LogP contribution in [-0.4, -0.2) is 6.21 Å². The average Bonchev–Trinajstić information content (AvgIpc) is 2.16. The van der Waals surface area contributed by atoms with E-state index in [0.29, 0.717) is 0 Å². The van der Waals surface area contributed by atoms with Crippen molar-refractivity contribution in [3.63, 3.8) is 0 Å². The Balaban J connectivity index is 2.55. The molecule has 1 nitrogen and oxygen atoms in total. The zero-order valence-corrected chi connectivity index (χ0v) is 8.84. The molecule has 1 fully saturated rings. The third-order valence-electron chi connectivity index (χ3n) is 3.28. The summed E-state index contributed by atoms with van der Waals surface area (Å²) in [5.41, 5.74) is 0.290. The summed E-state index contributed by atoms with van der Waals surface area (Å²) in [5.74, 6) is 0.831. The molecule has 0 aromatic carbocycles. The minimum absolute atomic E-state index is 0.290. The first-order valence-electron chi connectivity index (χ1n) is 5.35. The molecule has 0 spiro atoms. The first-order valence-corrected chi connectivity index (χ1v) is 5.35. The van der Waals surface area contributed by atoms with Gasteiger partial charge in [0.2, 0.25) is 0 Å². The van der Waals surface area contributed by atoms with Gasteiger partial charge in [-0.3, -0.25) is 0 Å². The molecule has 13 heavy (non-hydrogen) atoms. The standard InChI is InChI=1S/C12H21N/c1-12(2,9-6-10-13)11-7-4-3-5-8-11/h6,9-11,13H,3-5,7-8H2,1-2H3/b9-6-,13-10?. The topological polar surface area (TPSA) is 23.9 Å². The lowest BCUT2D eigenvalue weighted by molar-refractivity contribution is 0.210. The largest absolute Gasteiger partial charge is 0.309 e. The van der Waals surface area contributed by atoms with Gasteiger partial charge in [-0.05, 0) is 30.3 Å². The molecule has 1 aliphatic rings. The van der Waals surface area contributed by atoms with Crippen molar-refractivity contribution in [2.75, 3.05) is 0 Å². The Morgan fingerprint density at radius 2 is 1.77 bits per heavy atom. The van der Waals surface area contributed by atoms with E-state index in [0.717, 1.165) is 5.92 Å². The first-order chi connectivity index (χ1) is 6.17. The lowest BCUT2D eigenvalue weighted by atomic mass is 9.71. The summed E-state index contributed by atoms with van der Waals surface area (Å²) < 4.78 is 0. The Labute approximate surface area is 81.7 Å². The van der Waals surface area contributed by atoms with E-state index in [1.807, 2.05) is 6.08 Å². The van der Waals surface area contributed by atoms with E-state index in [1.165, 1.54) is 38.3 Å². The minimum Gasteiger partial charge on any atom is -0.309 e. The lowest BCUT2D eigenvalue weighted by Crippen LogP contribution is -2.24. The zero-order chi connectivity index (χ0) is 9.73. The van der Waals surface area contributed by atoms with Crippen LogP contribution in [0.15, 0.2) is 12.2 Å². The van der Waals surface area contributed by atoms with E-state index in [2.05, 4.69) is 19.9 Å². The van der Waals surface area contributed by atoms with Crippen molar-refractivity contribution in [2.45, 2.75) is 46.0 Å². The summed E-state index contributed by atoms with van der Waals surface area (Å²) in [7, 11) is 0. The predicted octanol–water partition coefficient (Wildman–Crippen LogP) is 3.80. The molecule has 0 aromatic heterocycles. The van der Waals surface area contributed by atoms with Crippen molar-refractivity contribution in [1.29, 1.82) is 5.41 Å². The van der Waals surface area contributed by atoms with E-state index in [4.69, 9.17) is 5.41 Å². The number of hydrogen-bond donors (Lipinski definition) is 1.